The van der Waals surface area contributed by atoms with Gasteiger partial charge in [0.15, 0.2) is 0 Å². The number of halogens is 1. The Morgan fingerprint density at radius 3 is 2.57 bits per heavy atom. The fourth-order valence-electron chi connectivity index (χ4n) is 1.31. The standard InChI is InChI=1S/C11H14O2.BrH/c1-2-3-6-9-7-4-5-8-10(9)11(12)13;/h4-5,7-8H,2-3,6H2,1H3,(H,12,13);1H. The third-order valence-corrected chi connectivity index (χ3v) is 2.05. The second-order valence-corrected chi connectivity index (χ2v) is 3.07. The minimum Gasteiger partial charge on any atom is -0.478 e. The number of aryl methyl sites for hydroxylation is 1. The molecule has 2 nitrogen and oxygen atoms in total. The zero-order chi connectivity index (χ0) is 9.68. The van der Waals surface area contributed by atoms with Gasteiger partial charge in [-0.3, -0.25) is 0 Å². The Balaban J connectivity index is 0.00000169. The Morgan fingerprint density at radius 1 is 1.36 bits per heavy atom. The summed E-state index contributed by atoms with van der Waals surface area (Å²) < 4.78 is 0. The Morgan fingerprint density at radius 2 is 2.00 bits per heavy atom. The molecule has 0 spiro atoms. The van der Waals surface area contributed by atoms with Crippen LogP contribution in [0.15, 0.2) is 24.3 Å². The number of carboxylic acid groups (broad SMARTS) is 1. The molecule has 1 aromatic rings. The summed E-state index contributed by atoms with van der Waals surface area (Å²) in [7, 11) is 0. The van der Waals surface area contributed by atoms with Crippen LogP contribution in [0.25, 0.3) is 0 Å². The van der Waals surface area contributed by atoms with Gasteiger partial charge in [-0.25, -0.2) is 4.79 Å². The molecule has 14 heavy (non-hydrogen) atoms. The van der Waals surface area contributed by atoms with E-state index in [1.54, 1.807) is 12.1 Å². The van der Waals surface area contributed by atoms with Crippen molar-refractivity contribution in [3.8, 4) is 0 Å². The minimum absolute atomic E-state index is 0. The average molecular weight is 259 g/mol. The van der Waals surface area contributed by atoms with Gasteiger partial charge in [0, 0.05) is 0 Å². The molecule has 0 amide bonds. The molecule has 0 atom stereocenters. The van der Waals surface area contributed by atoms with E-state index in [0.717, 1.165) is 24.8 Å². The molecule has 0 fully saturated rings. The highest BCUT2D eigenvalue weighted by atomic mass is 79.9. The van der Waals surface area contributed by atoms with Crippen molar-refractivity contribution >= 4 is 23.0 Å². The highest BCUT2D eigenvalue weighted by molar-refractivity contribution is 8.93. The molecule has 0 aliphatic rings. The normalized spacial score (nSPS) is 9.21. The molecular formula is C11H15BrO2. The molecular weight excluding hydrogens is 244 g/mol. The van der Waals surface area contributed by atoms with Crippen LogP contribution in [0.4, 0.5) is 0 Å². The molecule has 3 heteroatoms. The molecule has 1 aromatic carbocycles. The van der Waals surface area contributed by atoms with Crippen LogP contribution in [0, 0.1) is 0 Å². The van der Waals surface area contributed by atoms with E-state index in [9.17, 15) is 4.79 Å². The smallest absolute Gasteiger partial charge is 0.335 e. The van der Waals surface area contributed by atoms with Crippen molar-refractivity contribution in [1.29, 1.82) is 0 Å². The number of unbranched alkanes of at least 4 members (excludes halogenated alkanes) is 1. The lowest BCUT2D eigenvalue weighted by Gasteiger charge is -2.03. The van der Waals surface area contributed by atoms with Crippen molar-refractivity contribution in [2.75, 3.05) is 0 Å². The molecule has 78 valence electrons. The van der Waals surface area contributed by atoms with E-state index in [-0.39, 0.29) is 17.0 Å². The summed E-state index contributed by atoms with van der Waals surface area (Å²) in [5.74, 6) is -0.827. The predicted molar refractivity (Wildman–Crippen MR) is 62.3 cm³/mol. The van der Waals surface area contributed by atoms with Crippen LogP contribution in [-0.2, 0) is 6.42 Å². The SMILES string of the molecule is Br.CCCCc1ccccc1C(=O)O. The number of aromatic carboxylic acids is 1. The first kappa shape index (κ1) is 13.2. The van der Waals surface area contributed by atoms with Crippen LogP contribution < -0.4 is 0 Å². The molecule has 0 saturated carbocycles. The number of rotatable bonds is 4. The lowest BCUT2D eigenvalue weighted by Crippen LogP contribution is -2.01. The van der Waals surface area contributed by atoms with Crippen LogP contribution in [0.5, 0.6) is 0 Å². The Hall–Kier alpha value is -0.830. The van der Waals surface area contributed by atoms with E-state index in [0.29, 0.717) is 5.56 Å². The molecule has 1 rings (SSSR count). The first-order chi connectivity index (χ1) is 6.25. The quantitative estimate of drug-likeness (QED) is 0.900. The van der Waals surface area contributed by atoms with Gasteiger partial charge in [-0.1, -0.05) is 31.5 Å². The zero-order valence-corrected chi connectivity index (χ0v) is 9.91. The summed E-state index contributed by atoms with van der Waals surface area (Å²) in [4.78, 5) is 10.8. The highest BCUT2D eigenvalue weighted by Crippen LogP contribution is 2.11. The van der Waals surface area contributed by atoms with Crippen molar-refractivity contribution in [3.05, 3.63) is 35.4 Å². The van der Waals surface area contributed by atoms with Gasteiger partial charge in [-0.15, -0.1) is 17.0 Å². The average Bonchev–Trinajstić information content (AvgIpc) is 2.15. The van der Waals surface area contributed by atoms with Crippen LogP contribution in [0.2, 0.25) is 0 Å². The molecule has 0 aromatic heterocycles. The number of hydrogen-bond donors (Lipinski definition) is 1. The maximum atomic E-state index is 10.8. The fourth-order valence-corrected chi connectivity index (χ4v) is 1.31. The van der Waals surface area contributed by atoms with E-state index in [1.807, 2.05) is 12.1 Å². The Kier molecular flexibility index (Phi) is 6.21. The highest BCUT2D eigenvalue weighted by Gasteiger charge is 2.07. The molecule has 0 bridgehead atoms. The molecule has 0 aliphatic carbocycles. The summed E-state index contributed by atoms with van der Waals surface area (Å²) in [6, 6.07) is 7.20. The Bertz CT molecular complexity index is 297. The van der Waals surface area contributed by atoms with Gasteiger partial charge in [-0.05, 0) is 24.5 Å². The summed E-state index contributed by atoms with van der Waals surface area (Å²) in [6.07, 6.45) is 3.00. The second-order valence-electron chi connectivity index (χ2n) is 3.07. The van der Waals surface area contributed by atoms with Crippen molar-refractivity contribution in [3.63, 3.8) is 0 Å². The largest absolute Gasteiger partial charge is 0.478 e. The van der Waals surface area contributed by atoms with E-state index < -0.39 is 5.97 Å². The third kappa shape index (κ3) is 3.50. The number of carbonyl (C=O) groups is 1. The summed E-state index contributed by atoms with van der Waals surface area (Å²) >= 11 is 0. The van der Waals surface area contributed by atoms with Crippen molar-refractivity contribution in [1.82, 2.24) is 0 Å². The van der Waals surface area contributed by atoms with Gasteiger partial charge in [0.25, 0.3) is 0 Å². The molecule has 0 radical (unpaired) electrons. The third-order valence-electron chi connectivity index (χ3n) is 2.05. The van der Waals surface area contributed by atoms with Gasteiger partial charge in [0.1, 0.15) is 0 Å². The minimum atomic E-state index is -0.827. The first-order valence-corrected chi connectivity index (χ1v) is 4.57. The molecule has 0 unspecified atom stereocenters. The fraction of sp³-hybridized carbons (Fsp3) is 0.364. The van der Waals surface area contributed by atoms with Gasteiger partial charge in [-0.2, -0.15) is 0 Å². The van der Waals surface area contributed by atoms with Crippen LogP contribution >= 0.6 is 17.0 Å². The number of hydrogen-bond acceptors (Lipinski definition) is 1. The molecule has 0 heterocycles. The lowest BCUT2D eigenvalue weighted by molar-refractivity contribution is 0.0695. The predicted octanol–water partition coefficient (Wildman–Crippen LogP) is 3.31. The van der Waals surface area contributed by atoms with Crippen molar-refractivity contribution in [2.45, 2.75) is 26.2 Å². The van der Waals surface area contributed by atoms with Crippen LogP contribution in [-0.4, -0.2) is 11.1 Å². The molecule has 1 N–H and O–H groups in total. The van der Waals surface area contributed by atoms with Gasteiger partial charge < -0.3 is 5.11 Å². The zero-order valence-electron chi connectivity index (χ0n) is 8.19. The van der Waals surface area contributed by atoms with Crippen molar-refractivity contribution < 1.29 is 9.90 Å². The van der Waals surface area contributed by atoms with Crippen LogP contribution in [0.3, 0.4) is 0 Å². The summed E-state index contributed by atoms with van der Waals surface area (Å²) in [5, 5.41) is 8.86. The van der Waals surface area contributed by atoms with Crippen molar-refractivity contribution in [2.24, 2.45) is 0 Å². The topological polar surface area (TPSA) is 37.3 Å². The molecule has 0 saturated heterocycles. The van der Waals surface area contributed by atoms with Gasteiger partial charge >= 0.3 is 5.97 Å². The maximum Gasteiger partial charge on any atom is 0.335 e. The lowest BCUT2D eigenvalue weighted by atomic mass is 10.0. The Labute approximate surface area is 94.7 Å². The monoisotopic (exact) mass is 258 g/mol. The molecule has 0 aliphatic heterocycles. The van der Waals surface area contributed by atoms with E-state index in [4.69, 9.17) is 5.11 Å². The first-order valence-electron chi connectivity index (χ1n) is 4.57. The summed E-state index contributed by atoms with van der Waals surface area (Å²) in [5.41, 5.74) is 1.38. The van der Waals surface area contributed by atoms with Crippen LogP contribution in [0.1, 0.15) is 35.7 Å². The maximum absolute atomic E-state index is 10.8. The van der Waals surface area contributed by atoms with Gasteiger partial charge in [0.2, 0.25) is 0 Å². The second kappa shape index (κ2) is 6.60. The number of carboxylic acids is 1. The van der Waals surface area contributed by atoms with E-state index in [2.05, 4.69) is 6.92 Å². The van der Waals surface area contributed by atoms with E-state index in [1.165, 1.54) is 0 Å². The summed E-state index contributed by atoms with van der Waals surface area (Å²) in [6.45, 7) is 2.10. The van der Waals surface area contributed by atoms with Gasteiger partial charge in [0.05, 0.1) is 5.56 Å². The van der Waals surface area contributed by atoms with E-state index >= 15 is 0 Å². The number of benzene rings is 1.